The summed E-state index contributed by atoms with van der Waals surface area (Å²) in [4.78, 5) is 11.4. The van der Waals surface area contributed by atoms with Gasteiger partial charge in [-0.05, 0) is 32.1 Å². The van der Waals surface area contributed by atoms with Gasteiger partial charge < -0.3 is 20.0 Å². The smallest absolute Gasteiger partial charge is 0.214 e. The maximum absolute atomic E-state index is 5.90. The van der Waals surface area contributed by atoms with Crippen LogP contribution in [0.4, 0.5) is 0 Å². The van der Waals surface area contributed by atoms with Crippen molar-refractivity contribution < 1.29 is 4.42 Å². The summed E-state index contributed by atoms with van der Waals surface area (Å²) in [5.74, 6) is 3.19. The molecule has 2 N–H and O–H groups in total. The molecule has 1 aromatic carbocycles. The zero-order valence-corrected chi connectivity index (χ0v) is 20.4. The van der Waals surface area contributed by atoms with Crippen LogP contribution in [0.1, 0.15) is 43.6 Å². The van der Waals surface area contributed by atoms with Crippen LogP contribution in [0.25, 0.3) is 11.3 Å². The summed E-state index contributed by atoms with van der Waals surface area (Å²) in [5, 5.41) is 6.90. The van der Waals surface area contributed by atoms with Crippen molar-refractivity contribution in [3.05, 3.63) is 41.9 Å². The van der Waals surface area contributed by atoms with E-state index in [9.17, 15) is 0 Å². The number of aromatic nitrogens is 1. The van der Waals surface area contributed by atoms with Gasteiger partial charge in [-0.3, -0.25) is 4.99 Å². The van der Waals surface area contributed by atoms with Crippen LogP contribution < -0.4 is 10.6 Å². The van der Waals surface area contributed by atoms with Crippen molar-refractivity contribution in [3.8, 4) is 11.3 Å². The number of hydrogen-bond donors (Lipinski definition) is 2. The van der Waals surface area contributed by atoms with Gasteiger partial charge in [0.1, 0.15) is 0 Å². The van der Waals surface area contributed by atoms with E-state index < -0.39 is 0 Å². The van der Waals surface area contributed by atoms with E-state index in [1.807, 2.05) is 7.05 Å². The highest BCUT2D eigenvalue weighted by Gasteiger charge is 2.26. The zero-order chi connectivity index (χ0) is 20.1. The van der Waals surface area contributed by atoms with E-state index in [0.29, 0.717) is 18.5 Å². The number of aliphatic imine (C=N–C) groups is 1. The first kappa shape index (κ1) is 23.1. The molecular formula is C23H34IN5O. The minimum atomic E-state index is 0. The summed E-state index contributed by atoms with van der Waals surface area (Å²) in [6, 6.07) is 8.74. The summed E-state index contributed by atoms with van der Waals surface area (Å²) < 4.78 is 5.90. The molecule has 2 heterocycles. The topological polar surface area (TPSA) is 65.7 Å². The highest BCUT2D eigenvalue weighted by Crippen LogP contribution is 2.26. The molecule has 164 valence electrons. The van der Waals surface area contributed by atoms with Crippen molar-refractivity contribution >= 4 is 29.9 Å². The molecule has 0 spiro atoms. The summed E-state index contributed by atoms with van der Waals surface area (Å²) in [7, 11) is 1.81. The van der Waals surface area contributed by atoms with E-state index in [1.54, 1.807) is 6.20 Å². The summed E-state index contributed by atoms with van der Waals surface area (Å²) in [6.45, 7) is 6.15. The lowest BCUT2D eigenvalue weighted by Gasteiger charge is -2.21. The van der Waals surface area contributed by atoms with Gasteiger partial charge in [-0.25, -0.2) is 4.98 Å². The van der Waals surface area contributed by atoms with Crippen molar-refractivity contribution in [1.82, 2.24) is 20.5 Å². The lowest BCUT2D eigenvalue weighted by atomic mass is 10.1. The molecule has 1 unspecified atom stereocenters. The van der Waals surface area contributed by atoms with E-state index in [1.165, 1.54) is 50.8 Å². The number of hydrogen-bond acceptors (Lipinski definition) is 4. The first-order chi connectivity index (χ1) is 14.2. The number of benzene rings is 1. The summed E-state index contributed by atoms with van der Waals surface area (Å²) in [6.07, 6.45) is 8.63. The van der Waals surface area contributed by atoms with Crippen molar-refractivity contribution in [2.24, 2.45) is 10.9 Å². The average molecular weight is 523 g/mol. The van der Waals surface area contributed by atoms with Crippen LogP contribution in [0, 0.1) is 12.8 Å². The SMILES string of the molecule is CN=C(NCc1ncc(-c2ccc(C)cc2)o1)NC1CCN(CC2CCCC2)C1.I. The first-order valence-corrected chi connectivity index (χ1v) is 10.9. The fourth-order valence-electron chi connectivity index (χ4n) is 4.46. The van der Waals surface area contributed by atoms with Gasteiger partial charge in [-0.15, -0.1) is 24.0 Å². The van der Waals surface area contributed by atoms with Crippen LogP contribution in [0.15, 0.2) is 39.9 Å². The molecule has 1 saturated carbocycles. The molecule has 2 aliphatic rings. The normalized spacial score (nSPS) is 20.3. The van der Waals surface area contributed by atoms with Crippen LogP contribution in [0.2, 0.25) is 0 Å². The third kappa shape index (κ3) is 6.20. The molecule has 1 atom stereocenters. The Balaban J connectivity index is 0.00000256. The maximum Gasteiger partial charge on any atom is 0.214 e. The molecule has 6 nitrogen and oxygen atoms in total. The second-order valence-corrected chi connectivity index (χ2v) is 8.45. The first-order valence-electron chi connectivity index (χ1n) is 10.9. The average Bonchev–Trinajstić information content (AvgIpc) is 3.49. The summed E-state index contributed by atoms with van der Waals surface area (Å²) in [5.41, 5.74) is 2.28. The number of aryl methyl sites for hydroxylation is 1. The Morgan fingerprint density at radius 3 is 2.70 bits per heavy atom. The Bertz CT molecular complexity index is 813. The lowest BCUT2D eigenvalue weighted by molar-refractivity contribution is 0.275. The quantitative estimate of drug-likeness (QED) is 0.338. The second kappa shape index (κ2) is 11.1. The predicted molar refractivity (Wildman–Crippen MR) is 132 cm³/mol. The van der Waals surface area contributed by atoms with Gasteiger partial charge in [0.25, 0.3) is 0 Å². The van der Waals surface area contributed by atoms with Crippen LogP contribution in [-0.4, -0.2) is 48.6 Å². The highest BCUT2D eigenvalue weighted by molar-refractivity contribution is 14.0. The van der Waals surface area contributed by atoms with Crippen LogP contribution in [-0.2, 0) is 6.54 Å². The Hall–Kier alpha value is -1.61. The minimum Gasteiger partial charge on any atom is -0.439 e. The molecule has 1 aliphatic carbocycles. The number of guanidine groups is 1. The molecule has 30 heavy (non-hydrogen) atoms. The monoisotopic (exact) mass is 523 g/mol. The molecule has 0 bridgehead atoms. The largest absolute Gasteiger partial charge is 0.439 e. The van der Waals surface area contributed by atoms with Crippen LogP contribution in [0.3, 0.4) is 0 Å². The van der Waals surface area contributed by atoms with Gasteiger partial charge >= 0.3 is 0 Å². The molecule has 2 aromatic rings. The van der Waals surface area contributed by atoms with Crippen LogP contribution in [0.5, 0.6) is 0 Å². The zero-order valence-electron chi connectivity index (χ0n) is 18.1. The molecule has 0 amide bonds. The Kier molecular flexibility index (Phi) is 8.56. The Labute approximate surface area is 196 Å². The molecule has 1 aliphatic heterocycles. The van der Waals surface area contributed by atoms with Crippen LogP contribution >= 0.6 is 24.0 Å². The van der Waals surface area contributed by atoms with Gasteiger partial charge in [-0.2, -0.15) is 0 Å². The van der Waals surface area contributed by atoms with E-state index >= 15 is 0 Å². The van der Waals surface area contributed by atoms with Gasteiger partial charge in [0, 0.05) is 38.3 Å². The highest BCUT2D eigenvalue weighted by atomic mass is 127. The standard InChI is InChI=1S/C23H33N5O.HI/c1-17-7-9-19(10-8-17)21-13-25-22(29-21)14-26-23(24-2)27-20-11-12-28(16-20)15-18-5-3-4-6-18;/h7-10,13,18,20H,3-6,11-12,14-16H2,1-2H3,(H2,24,26,27);1H. The molecule has 2 fully saturated rings. The van der Waals surface area contributed by atoms with Gasteiger partial charge in [-0.1, -0.05) is 42.7 Å². The van der Waals surface area contributed by atoms with Gasteiger partial charge in [0.15, 0.2) is 11.7 Å². The summed E-state index contributed by atoms with van der Waals surface area (Å²) >= 11 is 0. The Morgan fingerprint density at radius 1 is 1.20 bits per heavy atom. The number of rotatable bonds is 6. The van der Waals surface area contributed by atoms with E-state index in [4.69, 9.17) is 4.42 Å². The van der Waals surface area contributed by atoms with Crippen molar-refractivity contribution in [3.63, 3.8) is 0 Å². The van der Waals surface area contributed by atoms with Gasteiger partial charge in [0.05, 0.1) is 12.7 Å². The third-order valence-electron chi connectivity index (χ3n) is 6.12. The second-order valence-electron chi connectivity index (χ2n) is 8.45. The molecule has 0 radical (unpaired) electrons. The van der Waals surface area contributed by atoms with E-state index in [0.717, 1.165) is 29.7 Å². The van der Waals surface area contributed by atoms with E-state index in [2.05, 4.69) is 56.7 Å². The van der Waals surface area contributed by atoms with Crippen molar-refractivity contribution in [2.45, 2.75) is 51.6 Å². The molecule has 1 aromatic heterocycles. The molecule has 1 saturated heterocycles. The number of likely N-dealkylation sites (tertiary alicyclic amines) is 1. The van der Waals surface area contributed by atoms with Crippen molar-refractivity contribution in [1.29, 1.82) is 0 Å². The van der Waals surface area contributed by atoms with E-state index in [-0.39, 0.29) is 24.0 Å². The molecular weight excluding hydrogens is 489 g/mol. The molecule has 4 rings (SSSR count). The number of nitrogens with one attached hydrogen (secondary N) is 2. The lowest BCUT2D eigenvalue weighted by Crippen LogP contribution is -2.44. The fourth-order valence-corrected chi connectivity index (χ4v) is 4.46. The predicted octanol–water partition coefficient (Wildman–Crippen LogP) is 4.20. The minimum absolute atomic E-state index is 0. The fraction of sp³-hybridized carbons (Fsp3) is 0.565. The Morgan fingerprint density at radius 2 is 1.97 bits per heavy atom. The third-order valence-corrected chi connectivity index (χ3v) is 6.12. The number of halogens is 1. The number of nitrogens with zero attached hydrogens (tertiary/aromatic N) is 3. The molecule has 7 heteroatoms. The van der Waals surface area contributed by atoms with Crippen molar-refractivity contribution in [2.75, 3.05) is 26.7 Å². The maximum atomic E-state index is 5.90. The number of oxazole rings is 1. The van der Waals surface area contributed by atoms with Gasteiger partial charge in [0.2, 0.25) is 5.89 Å².